The van der Waals surface area contributed by atoms with Crippen LogP contribution in [0.5, 0.6) is 0 Å². The quantitative estimate of drug-likeness (QED) is 0.645. The van der Waals surface area contributed by atoms with Gasteiger partial charge in [-0.15, -0.1) is 0 Å². The van der Waals surface area contributed by atoms with Crippen molar-refractivity contribution in [3.8, 4) is 0 Å². The van der Waals surface area contributed by atoms with Crippen LogP contribution in [0.4, 0.5) is 0 Å². The molecule has 0 heterocycles. The summed E-state index contributed by atoms with van der Waals surface area (Å²) in [6, 6.07) is 6.51. The lowest BCUT2D eigenvalue weighted by atomic mass is 10.1. The van der Waals surface area contributed by atoms with Crippen LogP contribution in [-0.4, -0.2) is 12.8 Å². The first-order valence-corrected chi connectivity index (χ1v) is 5.33. The van der Waals surface area contributed by atoms with Gasteiger partial charge in [0.1, 0.15) is 0 Å². The van der Waals surface area contributed by atoms with Crippen LogP contribution in [0.15, 0.2) is 23.2 Å². The molecular weight excluding hydrogens is 170 g/mol. The highest BCUT2D eigenvalue weighted by molar-refractivity contribution is 5.81. The van der Waals surface area contributed by atoms with Crippen molar-refractivity contribution in [2.75, 3.05) is 6.54 Å². The third-order valence-electron chi connectivity index (χ3n) is 2.73. The van der Waals surface area contributed by atoms with Gasteiger partial charge in [-0.1, -0.05) is 23.8 Å². The van der Waals surface area contributed by atoms with Crippen molar-refractivity contribution in [1.29, 1.82) is 0 Å². The van der Waals surface area contributed by atoms with Gasteiger partial charge in [-0.3, -0.25) is 4.99 Å². The highest BCUT2D eigenvalue weighted by atomic mass is 14.7. The van der Waals surface area contributed by atoms with Gasteiger partial charge in [0.25, 0.3) is 0 Å². The van der Waals surface area contributed by atoms with Crippen LogP contribution in [0.2, 0.25) is 0 Å². The van der Waals surface area contributed by atoms with Crippen molar-refractivity contribution >= 4 is 6.21 Å². The van der Waals surface area contributed by atoms with E-state index in [9.17, 15) is 0 Å². The van der Waals surface area contributed by atoms with Gasteiger partial charge < -0.3 is 0 Å². The van der Waals surface area contributed by atoms with Crippen molar-refractivity contribution in [1.82, 2.24) is 0 Å². The predicted octanol–water partition coefficient (Wildman–Crippen LogP) is 3.13. The molecule has 1 nitrogen and oxygen atoms in total. The summed E-state index contributed by atoms with van der Waals surface area (Å²) in [6.07, 6.45) is 4.79. The molecule has 1 aliphatic carbocycles. The average molecular weight is 187 g/mol. The minimum Gasteiger partial charge on any atom is -0.292 e. The van der Waals surface area contributed by atoms with Gasteiger partial charge in [0, 0.05) is 12.8 Å². The molecule has 0 radical (unpaired) electrons. The Labute approximate surface area is 85.9 Å². The molecule has 0 spiro atoms. The van der Waals surface area contributed by atoms with E-state index in [2.05, 4.69) is 37.0 Å². The minimum atomic E-state index is 0.886. The summed E-state index contributed by atoms with van der Waals surface area (Å²) in [6.45, 7) is 5.28. The van der Waals surface area contributed by atoms with Crippen LogP contribution in [0, 0.1) is 19.8 Å². The van der Waals surface area contributed by atoms with Crippen LogP contribution in [0.1, 0.15) is 29.5 Å². The lowest BCUT2D eigenvalue weighted by molar-refractivity contribution is 0.852. The zero-order valence-corrected chi connectivity index (χ0v) is 8.96. The van der Waals surface area contributed by atoms with E-state index in [4.69, 9.17) is 0 Å². The van der Waals surface area contributed by atoms with Crippen molar-refractivity contribution in [3.63, 3.8) is 0 Å². The first kappa shape index (κ1) is 9.45. The Morgan fingerprint density at radius 2 is 2.14 bits per heavy atom. The molecule has 1 aliphatic rings. The zero-order valence-electron chi connectivity index (χ0n) is 8.96. The largest absolute Gasteiger partial charge is 0.292 e. The third kappa shape index (κ3) is 2.44. The fourth-order valence-electron chi connectivity index (χ4n) is 1.50. The van der Waals surface area contributed by atoms with Crippen LogP contribution < -0.4 is 0 Å². The van der Waals surface area contributed by atoms with Crippen LogP contribution >= 0.6 is 0 Å². The highest BCUT2D eigenvalue weighted by Gasteiger charge is 2.19. The van der Waals surface area contributed by atoms with E-state index >= 15 is 0 Å². The average Bonchev–Trinajstić information content (AvgIpc) is 2.95. The number of hydrogen-bond acceptors (Lipinski definition) is 1. The van der Waals surface area contributed by atoms with E-state index in [1.165, 1.54) is 29.5 Å². The number of benzene rings is 1. The molecule has 0 aliphatic heterocycles. The van der Waals surface area contributed by atoms with Gasteiger partial charge in [0.2, 0.25) is 0 Å². The summed E-state index contributed by atoms with van der Waals surface area (Å²) in [7, 11) is 0. The minimum absolute atomic E-state index is 0.886. The van der Waals surface area contributed by atoms with Crippen LogP contribution in [-0.2, 0) is 0 Å². The van der Waals surface area contributed by atoms with E-state index in [1.807, 2.05) is 6.21 Å². The molecule has 0 saturated heterocycles. The van der Waals surface area contributed by atoms with Crippen molar-refractivity contribution < 1.29 is 0 Å². The van der Waals surface area contributed by atoms with Crippen molar-refractivity contribution in [3.05, 3.63) is 34.9 Å². The zero-order chi connectivity index (χ0) is 9.97. The fraction of sp³-hybridized carbons (Fsp3) is 0.462. The maximum atomic E-state index is 4.48. The van der Waals surface area contributed by atoms with Crippen LogP contribution in [0.25, 0.3) is 0 Å². The lowest BCUT2D eigenvalue weighted by Gasteiger charge is -2.00. The van der Waals surface area contributed by atoms with Gasteiger partial charge in [0.05, 0.1) is 0 Å². The van der Waals surface area contributed by atoms with Crippen molar-refractivity contribution in [2.45, 2.75) is 26.7 Å². The molecular formula is C13H17N. The fourth-order valence-corrected chi connectivity index (χ4v) is 1.50. The van der Waals surface area contributed by atoms with Crippen molar-refractivity contribution in [2.24, 2.45) is 10.9 Å². The number of aryl methyl sites for hydroxylation is 2. The summed E-state index contributed by atoms with van der Waals surface area (Å²) < 4.78 is 0. The Bertz CT molecular complexity index is 348. The van der Waals surface area contributed by atoms with Gasteiger partial charge in [-0.2, -0.15) is 0 Å². The summed E-state index contributed by atoms with van der Waals surface area (Å²) >= 11 is 0. The first-order chi connectivity index (χ1) is 6.75. The van der Waals surface area contributed by atoms with E-state index < -0.39 is 0 Å². The molecule has 14 heavy (non-hydrogen) atoms. The Morgan fingerprint density at radius 1 is 1.36 bits per heavy atom. The lowest BCUT2D eigenvalue weighted by Crippen LogP contribution is -1.90. The highest BCUT2D eigenvalue weighted by Crippen LogP contribution is 2.28. The maximum absolute atomic E-state index is 4.48. The number of hydrogen-bond donors (Lipinski definition) is 0. The van der Waals surface area contributed by atoms with Gasteiger partial charge >= 0.3 is 0 Å². The van der Waals surface area contributed by atoms with E-state index in [0.29, 0.717) is 0 Å². The molecule has 1 fully saturated rings. The van der Waals surface area contributed by atoms with Gasteiger partial charge in [-0.25, -0.2) is 0 Å². The molecule has 0 N–H and O–H groups in total. The molecule has 0 unspecified atom stereocenters. The Balaban J connectivity index is 2.05. The van der Waals surface area contributed by atoms with E-state index in [-0.39, 0.29) is 0 Å². The summed E-state index contributed by atoms with van der Waals surface area (Å²) in [5.41, 5.74) is 3.89. The standard InChI is InChI=1S/C13H17N/c1-10-3-4-11(2)13(7-10)9-14-8-12-5-6-12/h3-4,7,9,12H,5-6,8H2,1-2H3. The Morgan fingerprint density at radius 3 is 2.86 bits per heavy atom. The number of rotatable bonds is 3. The second-order valence-corrected chi connectivity index (χ2v) is 4.30. The molecule has 0 atom stereocenters. The molecule has 1 aromatic rings. The Kier molecular flexibility index (Phi) is 2.67. The molecule has 1 aromatic carbocycles. The summed E-state index contributed by atoms with van der Waals surface area (Å²) in [5, 5.41) is 0. The number of aliphatic imine (C=N–C) groups is 1. The number of nitrogens with zero attached hydrogens (tertiary/aromatic N) is 1. The SMILES string of the molecule is Cc1ccc(C)c(C=NCC2CC2)c1. The van der Waals surface area contributed by atoms with E-state index in [1.54, 1.807) is 0 Å². The van der Waals surface area contributed by atoms with Gasteiger partial charge in [-0.05, 0) is 43.7 Å². The monoisotopic (exact) mass is 187 g/mol. The maximum Gasteiger partial charge on any atom is 0.0417 e. The molecule has 2 rings (SSSR count). The normalized spacial score (nSPS) is 16.4. The smallest absolute Gasteiger partial charge is 0.0417 e. The third-order valence-corrected chi connectivity index (χ3v) is 2.73. The first-order valence-electron chi connectivity index (χ1n) is 5.33. The molecule has 74 valence electrons. The summed E-state index contributed by atoms with van der Waals surface area (Å²) in [4.78, 5) is 4.48. The summed E-state index contributed by atoms with van der Waals surface area (Å²) in [5.74, 6) is 0.886. The molecule has 0 amide bonds. The molecule has 1 saturated carbocycles. The molecule has 0 bridgehead atoms. The van der Waals surface area contributed by atoms with Crippen LogP contribution in [0.3, 0.4) is 0 Å². The van der Waals surface area contributed by atoms with Gasteiger partial charge in [0.15, 0.2) is 0 Å². The Hall–Kier alpha value is -1.11. The second-order valence-electron chi connectivity index (χ2n) is 4.30. The van der Waals surface area contributed by atoms with E-state index in [0.717, 1.165) is 12.5 Å². The molecule has 1 heteroatoms. The topological polar surface area (TPSA) is 12.4 Å². The second kappa shape index (κ2) is 3.95. The molecule has 0 aromatic heterocycles. The predicted molar refractivity (Wildman–Crippen MR) is 61.1 cm³/mol.